The number of hydrogen-bond acceptors (Lipinski definition) is 2. The van der Waals surface area contributed by atoms with E-state index in [-0.39, 0.29) is 0 Å². The zero-order chi connectivity index (χ0) is 16.1. The molecule has 0 bridgehead atoms. The van der Waals surface area contributed by atoms with Crippen molar-refractivity contribution in [2.75, 3.05) is 26.2 Å². The minimum atomic E-state index is 0.829. The number of halogens is 1. The highest BCUT2D eigenvalue weighted by atomic mass is 35.5. The zero-order valence-corrected chi connectivity index (χ0v) is 14.8. The Morgan fingerprint density at radius 2 is 2.13 bits per heavy atom. The Morgan fingerprint density at radius 3 is 2.91 bits per heavy atom. The predicted molar refractivity (Wildman–Crippen MR) is 99.4 cm³/mol. The van der Waals surface area contributed by atoms with Crippen LogP contribution in [0.15, 0.2) is 24.4 Å². The number of aromatic nitrogens is 1. The van der Waals surface area contributed by atoms with Crippen molar-refractivity contribution in [2.24, 2.45) is 5.92 Å². The highest BCUT2D eigenvalue weighted by Gasteiger charge is 2.13. The number of piperidine rings is 1. The van der Waals surface area contributed by atoms with Crippen molar-refractivity contribution in [1.82, 2.24) is 15.2 Å². The monoisotopic (exact) mass is 333 g/mol. The van der Waals surface area contributed by atoms with E-state index in [0.717, 1.165) is 43.4 Å². The van der Waals surface area contributed by atoms with E-state index < -0.39 is 0 Å². The maximum Gasteiger partial charge on any atom is 0.0484 e. The van der Waals surface area contributed by atoms with E-state index in [0.29, 0.717) is 0 Å². The maximum absolute atomic E-state index is 6.21. The number of hydrogen-bond donors (Lipinski definition) is 2. The molecular weight excluding hydrogens is 306 g/mol. The van der Waals surface area contributed by atoms with Crippen molar-refractivity contribution in [2.45, 2.75) is 39.2 Å². The van der Waals surface area contributed by atoms with Crippen LogP contribution in [0.3, 0.4) is 0 Å². The Hall–Kier alpha value is -1.03. The van der Waals surface area contributed by atoms with Gasteiger partial charge in [0.2, 0.25) is 0 Å². The first-order valence-corrected chi connectivity index (χ1v) is 9.34. The summed E-state index contributed by atoms with van der Waals surface area (Å²) < 4.78 is 2.37. The van der Waals surface area contributed by atoms with E-state index in [2.05, 4.69) is 40.5 Å². The number of nitrogens with one attached hydrogen (secondary N) is 2. The smallest absolute Gasteiger partial charge is 0.0484 e. The normalized spacial score (nSPS) is 16.3. The molecule has 0 amide bonds. The van der Waals surface area contributed by atoms with E-state index in [9.17, 15) is 0 Å². The lowest BCUT2D eigenvalue weighted by molar-refractivity contribution is 0.358. The van der Waals surface area contributed by atoms with Crippen LogP contribution in [-0.2, 0) is 13.0 Å². The van der Waals surface area contributed by atoms with Gasteiger partial charge < -0.3 is 15.2 Å². The molecular formula is C19H28ClN3. The first-order valence-electron chi connectivity index (χ1n) is 8.96. The fourth-order valence-corrected chi connectivity index (χ4v) is 3.76. The van der Waals surface area contributed by atoms with Gasteiger partial charge in [-0.15, -0.1) is 0 Å². The highest BCUT2D eigenvalue weighted by molar-refractivity contribution is 6.31. The van der Waals surface area contributed by atoms with Gasteiger partial charge in [-0.3, -0.25) is 0 Å². The number of benzene rings is 1. The SMILES string of the molecule is CCCn1cc(CCNCC2CCNCC2)c2cc(Cl)ccc21. The lowest BCUT2D eigenvalue weighted by atomic mass is 9.98. The Kier molecular flexibility index (Phi) is 5.98. The molecule has 1 aliphatic rings. The number of nitrogens with zero attached hydrogens (tertiary/aromatic N) is 1. The lowest BCUT2D eigenvalue weighted by Crippen LogP contribution is -2.34. The Bertz CT molecular complexity index is 629. The summed E-state index contributed by atoms with van der Waals surface area (Å²) in [5.74, 6) is 0.840. The summed E-state index contributed by atoms with van der Waals surface area (Å²) in [5, 5.41) is 9.23. The molecule has 126 valence electrons. The van der Waals surface area contributed by atoms with Crippen LogP contribution >= 0.6 is 11.6 Å². The van der Waals surface area contributed by atoms with Gasteiger partial charge >= 0.3 is 0 Å². The second-order valence-corrected chi connectivity index (χ2v) is 7.09. The van der Waals surface area contributed by atoms with Crippen LogP contribution in [-0.4, -0.2) is 30.7 Å². The topological polar surface area (TPSA) is 29.0 Å². The largest absolute Gasteiger partial charge is 0.347 e. The summed E-state index contributed by atoms with van der Waals surface area (Å²) in [4.78, 5) is 0. The fourth-order valence-electron chi connectivity index (χ4n) is 3.58. The molecule has 3 nitrogen and oxygen atoms in total. The van der Waals surface area contributed by atoms with Crippen molar-refractivity contribution in [1.29, 1.82) is 0 Å². The molecule has 0 unspecified atom stereocenters. The number of rotatable bonds is 7. The van der Waals surface area contributed by atoms with Crippen LogP contribution in [0.5, 0.6) is 0 Å². The molecule has 1 aromatic heterocycles. The minimum Gasteiger partial charge on any atom is -0.347 e. The molecule has 1 aromatic carbocycles. The standard InChI is InChI=1S/C19H28ClN3/c1-2-11-23-14-16(18-12-17(20)3-4-19(18)23)7-10-22-13-15-5-8-21-9-6-15/h3-4,12,14-15,21-22H,2,5-11,13H2,1H3. The van der Waals surface area contributed by atoms with Crippen LogP contribution in [0.25, 0.3) is 10.9 Å². The van der Waals surface area contributed by atoms with Gasteiger partial charge in [0.05, 0.1) is 0 Å². The van der Waals surface area contributed by atoms with Crippen molar-refractivity contribution in [3.8, 4) is 0 Å². The van der Waals surface area contributed by atoms with Crippen LogP contribution in [0, 0.1) is 5.92 Å². The molecule has 2 aromatic rings. The maximum atomic E-state index is 6.21. The zero-order valence-electron chi connectivity index (χ0n) is 14.1. The molecule has 0 atom stereocenters. The van der Waals surface area contributed by atoms with Gasteiger partial charge in [-0.2, -0.15) is 0 Å². The van der Waals surface area contributed by atoms with Crippen molar-refractivity contribution in [3.63, 3.8) is 0 Å². The van der Waals surface area contributed by atoms with Crippen molar-refractivity contribution in [3.05, 3.63) is 35.0 Å². The number of aryl methyl sites for hydroxylation is 1. The average Bonchev–Trinajstić information content (AvgIpc) is 2.90. The summed E-state index contributed by atoms with van der Waals surface area (Å²) in [5.41, 5.74) is 2.72. The van der Waals surface area contributed by atoms with Gasteiger partial charge in [-0.25, -0.2) is 0 Å². The summed E-state index contributed by atoms with van der Waals surface area (Å²) in [6, 6.07) is 6.26. The summed E-state index contributed by atoms with van der Waals surface area (Å²) in [6.45, 7) is 7.84. The van der Waals surface area contributed by atoms with Crippen LogP contribution in [0.1, 0.15) is 31.7 Å². The van der Waals surface area contributed by atoms with E-state index in [1.54, 1.807) is 0 Å². The first-order chi connectivity index (χ1) is 11.3. The molecule has 0 spiro atoms. The van der Waals surface area contributed by atoms with Gasteiger partial charge in [0, 0.05) is 28.7 Å². The highest BCUT2D eigenvalue weighted by Crippen LogP contribution is 2.25. The van der Waals surface area contributed by atoms with Gasteiger partial charge in [0.25, 0.3) is 0 Å². The van der Waals surface area contributed by atoms with Gasteiger partial charge in [0.1, 0.15) is 0 Å². The quantitative estimate of drug-likeness (QED) is 0.754. The molecule has 2 heterocycles. The minimum absolute atomic E-state index is 0.829. The van der Waals surface area contributed by atoms with E-state index >= 15 is 0 Å². The molecule has 4 heteroatoms. The molecule has 1 fully saturated rings. The Balaban J connectivity index is 1.61. The average molecular weight is 334 g/mol. The molecule has 1 aliphatic heterocycles. The van der Waals surface area contributed by atoms with Gasteiger partial charge in [0.15, 0.2) is 0 Å². The second kappa shape index (κ2) is 8.18. The third-order valence-electron chi connectivity index (χ3n) is 4.85. The number of fused-ring (bicyclic) bond motifs is 1. The predicted octanol–water partition coefficient (Wildman–Crippen LogP) is 3.84. The van der Waals surface area contributed by atoms with Gasteiger partial charge in [-0.1, -0.05) is 18.5 Å². The summed E-state index contributed by atoms with van der Waals surface area (Å²) in [6.07, 6.45) is 7.14. The van der Waals surface area contributed by atoms with Crippen molar-refractivity contribution >= 4 is 22.5 Å². The van der Waals surface area contributed by atoms with E-state index in [4.69, 9.17) is 11.6 Å². The Morgan fingerprint density at radius 1 is 1.30 bits per heavy atom. The fraction of sp³-hybridized carbons (Fsp3) is 0.579. The second-order valence-electron chi connectivity index (χ2n) is 6.66. The molecule has 0 saturated carbocycles. The molecule has 0 radical (unpaired) electrons. The summed E-state index contributed by atoms with van der Waals surface area (Å²) in [7, 11) is 0. The van der Waals surface area contributed by atoms with Gasteiger partial charge in [-0.05, 0) is 81.5 Å². The molecule has 0 aliphatic carbocycles. The molecule has 23 heavy (non-hydrogen) atoms. The Labute approximate surface area is 144 Å². The van der Waals surface area contributed by atoms with Crippen LogP contribution < -0.4 is 10.6 Å². The van der Waals surface area contributed by atoms with Crippen LogP contribution in [0.4, 0.5) is 0 Å². The van der Waals surface area contributed by atoms with Crippen LogP contribution in [0.2, 0.25) is 5.02 Å². The van der Waals surface area contributed by atoms with E-state index in [1.807, 2.05) is 6.07 Å². The third kappa shape index (κ3) is 4.28. The lowest BCUT2D eigenvalue weighted by Gasteiger charge is -2.22. The summed E-state index contributed by atoms with van der Waals surface area (Å²) >= 11 is 6.21. The van der Waals surface area contributed by atoms with E-state index in [1.165, 1.54) is 42.4 Å². The molecule has 1 saturated heterocycles. The third-order valence-corrected chi connectivity index (χ3v) is 5.09. The molecule has 3 rings (SSSR count). The van der Waals surface area contributed by atoms with Crippen molar-refractivity contribution < 1.29 is 0 Å². The first kappa shape index (κ1) is 16.8. The molecule has 2 N–H and O–H groups in total.